The molecule has 0 aliphatic carbocycles. The molecule has 146 valence electrons. The number of benzene rings is 2. The van der Waals surface area contributed by atoms with Gasteiger partial charge in [-0.3, -0.25) is 10.1 Å². The SMILES string of the molecule is Cc1cc(C)c(S(=O)(=O)N2C[C@@H](N)[C@H](c3ccccc3)C2)cc1[N+](=O)[O-].Cl. The van der Waals surface area contributed by atoms with Gasteiger partial charge in [-0.1, -0.05) is 30.3 Å². The van der Waals surface area contributed by atoms with E-state index in [9.17, 15) is 18.5 Å². The van der Waals surface area contributed by atoms with Gasteiger partial charge < -0.3 is 5.73 Å². The van der Waals surface area contributed by atoms with E-state index in [1.165, 1.54) is 10.4 Å². The summed E-state index contributed by atoms with van der Waals surface area (Å²) < 4.78 is 27.6. The number of nitrogens with two attached hydrogens (primary N) is 1. The van der Waals surface area contributed by atoms with Crippen LogP contribution < -0.4 is 5.73 Å². The molecular weight excluding hydrogens is 390 g/mol. The van der Waals surface area contributed by atoms with E-state index in [-0.39, 0.29) is 48.0 Å². The Morgan fingerprint density at radius 1 is 1.11 bits per heavy atom. The van der Waals surface area contributed by atoms with Crippen LogP contribution >= 0.6 is 12.4 Å². The van der Waals surface area contributed by atoms with Gasteiger partial charge >= 0.3 is 0 Å². The van der Waals surface area contributed by atoms with Gasteiger partial charge in [0.1, 0.15) is 0 Å². The van der Waals surface area contributed by atoms with Crippen molar-refractivity contribution in [1.29, 1.82) is 0 Å². The summed E-state index contributed by atoms with van der Waals surface area (Å²) in [5.74, 6) is -0.105. The number of sulfonamides is 1. The smallest absolute Gasteiger partial charge is 0.273 e. The highest BCUT2D eigenvalue weighted by atomic mass is 35.5. The molecule has 1 aliphatic rings. The molecule has 0 amide bonds. The lowest BCUT2D eigenvalue weighted by Crippen LogP contribution is -2.32. The molecule has 1 heterocycles. The number of aryl methyl sites for hydroxylation is 2. The summed E-state index contributed by atoms with van der Waals surface area (Å²) in [5, 5.41) is 11.2. The predicted molar refractivity (Wildman–Crippen MR) is 106 cm³/mol. The zero-order valence-corrected chi connectivity index (χ0v) is 16.7. The average molecular weight is 412 g/mol. The Morgan fingerprint density at radius 3 is 2.33 bits per heavy atom. The molecule has 1 fully saturated rings. The molecular formula is C18H22ClN3O4S. The molecule has 1 saturated heterocycles. The molecule has 2 aromatic rings. The van der Waals surface area contributed by atoms with Gasteiger partial charge in [-0.15, -0.1) is 12.4 Å². The van der Waals surface area contributed by atoms with E-state index in [0.29, 0.717) is 11.1 Å². The normalized spacial score (nSPS) is 20.3. The van der Waals surface area contributed by atoms with Gasteiger partial charge in [0.25, 0.3) is 5.69 Å². The maximum atomic E-state index is 13.1. The molecule has 7 nitrogen and oxygen atoms in total. The third-order valence-electron chi connectivity index (χ3n) is 4.87. The second-order valence-corrected chi connectivity index (χ2v) is 8.57. The van der Waals surface area contributed by atoms with Crippen molar-refractivity contribution in [3.63, 3.8) is 0 Å². The predicted octanol–water partition coefficient (Wildman–Crippen LogP) is 2.75. The van der Waals surface area contributed by atoms with Crippen molar-refractivity contribution < 1.29 is 13.3 Å². The first kappa shape index (κ1) is 21.3. The molecule has 2 N–H and O–H groups in total. The first-order valence-corrected chi connectivity index (χ1v) is 9.72. The van der Waals surface area contributed by atoms with Crippen molar-refractivity contribution >= 4 is 28.1 Å². The van der Waals surface area contributed by atoms with Gasteiger partial charge in [0.15, 0.2) is 0 Å². The molecule has 0 spiro atoms. The number of hydrogen-bond donors (Lipinski definition) is 1. The largest absolute Gasteiger partial charge is 0.326 e. The molecule has 2 aromatic carbocycles. The van der Waals surface area contributed by atoms with Gasteiger partial charge in [-0.25, -0.2) is 8.42 Å². The second-order valence-electron chi connectivity index (χ2n) is 6.66. The maximum absolute atomic E-state index is 13.1. The van der Waals surface area contributed by atoms with Gasteiger partial charge in [0, 0.05) is 36.7 Å². The van der Waals surface area contributed by atoms with Crippen LogP contribution in [0.2, 0.25) is 0 Å². The van der Waals surface area contributed by atoms with Crippen LogP contribution in [-0.2, 0) is 10.0 Å². The number of rotatable bonds is 4. The molecule has 27 heavy (non-hydrogen) atoms. The highest BCUT2D eigenvalue weighted by Crippen LogP contribution is 2.33. The Morgan fingerprint density at radius 2 is 1.74 bits per heavy atom. The quantitative estimate of drug-likeness (QED) is 0.614. The van der Waals surface area contributed by atoms with E-state index in [2.05, 4.69) is 0 Å². The molecule has 0 aromatic heterocycles. The molecule has 3 rings (SSSR count). The van der Waals surface area contributed by atoms with Crippen molar-refractivity contribution in [1.82, 2.24) is 4.31 Å². The third-order valence-corrected chi connectivity index (χ3v) is 6.84. The molecule has 9 heteroatoms. The minimum Gasteiger partial charge on any atom is -0.326 e. The summed E-state index contributed by atoms with van der Waals surface area (Å²) in [4.78, 5) is 10.6. The van der Waals surface area contributed by atoms with Crippen molar-refractivity contribution in [2.24, 2.45) is 5.73 Å². The average Bonchev–Trinajstić information content (AvgIpc) is 2.97. The van der Waals surface area contributed by atoms with Crippen molar-refractivity contribution in [2.75, 3.05) is 13.1 Å². The van der Waals surface area contributed by atoms with Crippen LogP contribution in [0.4, 0.5) is 5.69 Å². The number of nitrogens with zero attached hydrogens (tertiary/aromatic N) is 2. The Hall–Kier alpha value is -2.00. The van der Waals surface area contributed by atoms with Gasteiger partial charge in [-0.2, -0.15) is 4.31 Å². The standard InChI is InChI=1S/C18H21N3O4S.ClH/c1-12-8-13(2)18(9-17(12)21(22)23)26(24,25)20-10-15(16(19)11-20)14-6-4-3-5-7-14;/h3-9,15-16H,10-11,19H2,1-2H3;1H/t15-,16+;/m0./s1. The number of hydrogen-bond acceptors (Lipinski definition) is 5. The lowest BCUT2D eigenvalue weighted by molar-refractivity contribution is -0.385. The van der Waals surface area contributed by atoms with Crippen LogP contribution in [-0.4, -0.2) is 36.8 Å². The van der Waals surface area contributed by atoms with E-state index in [0.717, 1.165) is 11.6 Å². The van der Waals surface area contributed by atoms with Crippen LogP contribution in [0.25, 0.3) is 0 Å². The molecule has 1 aliphatic heterocycles. The summed E-state index contributed by atoms with van der Waals surface area (Å²) in [6.07, 6.45) is 0. The van der Waals surface area contributed by atoms with Crippen LogP contribution in [0.5, 0.6) is 0 Å². The van der Waals surface area contributed by atoms with Crippen LogP contribution in [0.15, 0.2) is 47.4 Å². The van der Waals surface area contributed by atoms with Crippen molar-refractivity contribution in [3.05, 3.63) is 69.3 Å². The fraction of sp³-hybridized carbons (Fsp3) is 0.333. The Balaban J connectivity index is 0.00000261. The van der Waals surface area contributed by atoms with E-state index in [4.69, 9.17) is 5.73 Å². The highest BCUT2D eigenvalue weighted by Gasteiger charge is 2.39. The summed E-state index contributed by atoms with van der Waals surface area (Å²) in [6.45, 7) is 3.69. The zero-order chi connectivity index (χ0) is 19.1. The fourth-order valence-electron chi connectivity index (χ4n) is 3.48. The minimum absolute atomic E-state index is 0. The Kier molecular flexibility index (Phi) is 6.26. The summed E-state index contributed by atoms with van der Waals surface area (Å²) in [7, 11) is -3.87. The van der Waals surface area contributed by atoms with E-state index < -0.39 is 14.9 Å². The van der Waals surface area contributed by atoms with Crippen LogP contribution in [0.3, 0.4) is 0 Å². The molecule has 2 atom stereocenters. The van der Waals surface area contributed by atoms with E-state index >= 15 is 0 Å². The molecule has 0 radical (unpaired) electrons. The second kappa shape index (κ2) is 7.93. The van der Waals surface area contributed by atoms with Crippen LogP contribution in [0.1, 0.15) is 22.6 Å². The van der Waals surface area contributed by atoms with Gasteiger partial charge in [0.2, 0.25) is 10.0 Å². The molecule has 0 saturated carbocycles. The number of nitro groups is 1. The van der Waals surface area contributed by atoms with Crippen molar-refractivity contribution in [2.45, 2.75) is 30.7 Å². The monoisotopic (exact) mass is 411 g/mol. The van der Waals surface area contributed by atoms with Crippen LogP contribution in [0, 0.1) is 24.0 Å². The highest BCUT2D eigenvalue weighted by molar-refractivity contribution is 7.89. The van der Waals surface area contributed by atoms with E-state index in [1.54, 1.807) is 13.8 Å². The van der Waals surface area contributed by atoms with Gasteiger partial charge in [0.05, 0.1) is 9.82 Å². The fourth-order valence-corrected chi connectivity index (χ4v) is 5.21. The first-order valence-electron chi connectivity index (χ1n) is 8.28. The Labute approximate surface area is 164 Å². The number of halogens is 1. The lowest BCUT2D eigenvalue weighted by Gasteiger charge is -2.18. The maximum Gasteiger partial charge on any atom is 0.273 e. The summed E-state index contributed by atoms with van der Waals surface area (Å²) in [6, 6.07) is 11.9. The minimum atomic E-state index is -3.87. The topological polar surface area (TPSA) is 107 Å². The number of nitro benzene ring substituents is 1. The zero-order valence-electron chi connectivity index (χ0n) is 15.0. The summed E-state index contributed by atoms with van der Waals surface area (Å²) >= 11 is 0. The summed E-state index contributed by atoms with van der Waals surface area (Å²) in [5.41, 5.74) is 7.92. The first-order chi connectivity index (χ1) is 12.2. The van der Waals surface area contributed by atoms with E-state index in [1.807, 2.05) is 30.3 Å². The third kappa shape index (κ3) is 3.98. The molecule has 0 bridgehead atoms. The lowest BCUT2D eigenvalue weighted by atomic mass is 9.95. The molecule has 0 unspecified atom stereocenters. The Bertz CT molecular complexity index is 951. The van der Waals surface area contributed by atoms with Crippen molar-refractivity contribution in [3.8, 4) is 0 Å². The van der Waals surface area contributed by atoms with Gasteiger partial charge in [-0.05, 0) is 31.0 Å².